The molecular formula is C16H13N3S. The Morgan fingerprint density at radius 3 is 2.85 bits per heavy atom. The van der Waals surface area contributed by atoms with Crippen molar-refractivity contribution in [3.63, 3.8) is 0 Å². The van der Waals surface area contributed by atoms with Gasteiger partial charge in [0.25, 0.3) is 0 Å². The first-order chi connectivity index (χ1) is 9.86. The van der Waals surface area contributed by atoms with E-state index in [1.807, 2.05) is 48.0 Å². The topological polar surface area (TPSA) is 48.7 Å². The van der Waals surface area contributed by atoms with Crippen molar-refractivity contribution in [1.82, 2.24) is 4.98 Å². The van der Waals surface area contributed by atoms with Gasteiger partial charge < -0.3 is 5.32 Å². The molecule has 1 unspecified atom stereocenters. The van der Waals surface area contributed by atoms with E-state index in [9.17, 15) is 5.26 Å². The van der Waals surface area contributed by atoms with Crippen molar-refractivity contribution in [3.8, 4) is 6.07 Å². The number of nitriles is 1. The Morgan fingerprint density at radius 1 is 1.20 bits per heavy atom. The molecule has 1 atom stereocenters. The molecule has 3 rings (SSSR count). The molecule has 4 heteroatoms. The molecule has 3 aromatic rings. The van der Waals surface area contributed by atoms with Crippen molar-refractivity contribution in [2.45, 2.75) is 5.92 Å². The van der Waals surface area contributed by atoms with Crippen molar-refractivity contribution in [3.05, 3.63) is 59.6 Å². The summed E-state index contributed by atoms with van der Waals surface area (Å²) in [7, 11) is 0. The van der Waals surface area contributed by atoms with Crippen LogP contribution in [0.15, 0.2) is 54.0 Å². The van der Waals surface area contributed by atoms with Crippen molar-refractivity contribution in [1.29, 1.82) is 5.26 Å². The lowest BCUT2D eigenvalue weighted by Gasteiger charge is -2.11. The number of nitrogens with one attached hydrogen (secondary N) is 1. The average Bonchev–Trinajstić information content (AvgIpc) is 2.96. The molecule has 0 aliphatic carbocycles. The molecule has 1 aromatic heterocycles. The summed E-state index contributed by atoms with van der Waals surface area (Å²) in [5.41, 5.74) is 4.93. The predicted octanol–water partition coefficient (Wildman–Crippen LogP) is 4.02. The number of rotatable bonds is 4. The average molecular weight is 279 g/mol. The molecule has 0 aliphatic heterocycles. The van der Waals surface area contributed by atoms with Gasteiger partial charge >= 0.3 is 0 Å². The number of thiazole rings is 1. The van der Waals surface area contributed by atoms with E-state index in [1.165, 1.54) is 0 Å². The number of hydrogen-bond acceptors (Lipinski definition) is 4. The molecule has 0 amide bonds. The van der Waals surface area contributed by atoms with Gasteiger partial charge in [-0.2, -0.15) is 5.26 Å². The van der Waals surface area contributed by atoms with Gasteiger partial charge in [0.05, 0.1) is 27.7 Å². The summed E-state index contributed by atoms with van der Waals surface area (Å²) in [6.45, 7) is 0.602. The number of fused-ring (bicyclic) bond motifs is 1. The van der Waals surface area contributed by atoms with Crippen molar-refractivity contribution in [2.75, 3.05) is 11.9 Å². The van der Waals surface area contributed by atoms with E-state index >= 15 is 0 Å². The fourth-order valence-corrected chi connectivity index (χ4v) is 2.82. The molecule has 0 saturated heterocycles. The Labute approximate surface area is 121 Å². The minimum atomic E-state index is -0.145. The van der Waals surface area contributed by atoms with Gasteiger partial charge in [-0.3, -0.25) is 0 Å². The van der Waals surface area contributed by atoms with E-state index < -0.39 is 0 Å². The van der Waals surface area contributed by atoms with Gasteiger partial charge in [-0.25, -0.2) is 4.98 Å². The summed E-state index contributed by atoms with van der Waals surface area (Å²) >= 11 is 1.62. The van der Waals surface area contributed by atoms with Crippen LogP contribution in [0, 0.1) is 11.3 Å². The van der Waals surface area contributed by atoms with Gasteiger partial charge in [-0.15, -0.1) is 11.3 Å². The third-order valence-corrected chi connectivity index (χ3v) is 3.99. The van der Waals surface area contributed by atoms with Crippen LogP contribution in [0.25, 0.3) is 10.2 Å². The minimum absolute atomic E-state index is 0.145. The molecule has 0 spiro atoms. The maximum Gasteiger partial charge on any atom is 0.0885 e. The first-order valence-electron chi connectivity index (χ1n) is 6.38. The van der Waals surface area contributed by atoms with Crippen LogP contribution in [0.2, 0.25) is 0 Å². The molecule has 1 N–H and O–H groups in total. The molecule has 20 heavy (non-hydrogen) atoms. The molecule has 2 aromatic carbocycles. The van der Waals surface area contributed by atoms with Crippen molar-refractivity contribution < 1.29 is 0 Å². The summed E-state index contributed by atoms with van der Waals surface area (Å²) in [6.07, 6.45) is 0. The van der Waals surface area contributed by atoms with Crippen LogP contribution < -0.4 is 5.32 Å². The Kier molecular flexibility index (Phi) is 3.62. The van der Waals surface area contributed by atoms with Crippen LogP contribution in [0.4, 0.5) is 5.69 Å². The highest BCUT2D eigenvalue weighted by atomic mass is 32.1. The van der Waals surface area contributed by atoms with E-state index in [4.69, 9.17) is 0 Å². The zero-order valence-electron chi connectivity index (χ0n) is 10.8. The zero-order chi connectivity index (χ0) is 13.8. The number of hydrogen-bond donors (Lipinski definition) is 1. The van der Waals surface area contributed by atoms with Gasteiger partial charge in [0.2, 0.25) is 0 Å². The van der Waals surface area contributed by atoms with Gasteiger partial charge in [-0.05, 0) is 23.8 Å². The summed E-state index contributed by atoms with van der Waals surface area (Å²) < 4.78 is 1.16. The van der Waals surface area contributed by atoms with Gasteiger partial charge in [0, 0.05) is 12.2 Å². The van der Waals surface area contributed by atoms with Gasteiger partial charge in [0.15, 0.2) is 0 Å². The molecule has 0 bridgehead atoms. The molecule has 0 fully saturated rings. The molecule has 1 heterocycles. The third-order valence-electron chi connectivity index (χ3n) is 3.20. The monoisotopic (exact) mass is 279 g/mol. The number of benzene rings is 2. The zero-order valence-corrected chi connectivity index (χ0v) is 11.6. The Morgan fingerprint density at radius 2 is 2.05 bits per heavy atom. The van der Waals surface area contributed by atoms with Crippen LogP contribution >= 0.6 is 11.3 Å². The first kappa shape index (κ1) is 12.6. The van der Waals surface area contributed by atoms with Crippen LogP contribution in [-0.2, 0) is 0 Å². The lowest BCUT2D eigenvalue weighted by molar-refractivity contribution is 0.901. The van der Waals surface area contributed by atoms with E-state index in [-0.39, 0.29) is 5.92 Å². The smallest absolute Gasteiger partial charge is 0.0885 e. The predicted molar refractivity (Wildman–Crippen MR) is 82.9 cm³/mol. The summed E-state index contributed by atoms with van der Waals surface area (Å²) in [5, 5.41) is 12.6. The molecule has 3 nitrogen and oxygen atoms in total. The second-order valence-corrected chi connectivity index (χ2v) is 5.39. The second kappa shape index (κ2) is 5.72. The van der Waals surface area contributed by atoms with Gasteiger partial charge in [0.1, 0.15) is 0 Å². The highest BCUT2D eigenvalue weighted by molar-refractivity contribution is 7.16. The van der Waals surface area contributed by atoms with Crippen LogP contribution in [0.1, 0.15) is 11.5 Å². The standard InChI is InChI=1S/C16H13N3S/c17-9-13(12-4-2-1-3-5-12)10-18-14-6-7-15-16(8-14)20-11-19-15/h1-8,11,13,18H,10H2. The van der Waals surface area contributed by atoms with Crippen LogP contribution in [0.5, 0.6) is 0 Å². The second-order valence-electron chi connectivity index (χ2n) is 4.51. The molecule has 0 radical (unpaired) electrons. The first-order valence-corrected chi connectivity index (χ1v) is 7.26. The number of aromatic nitrogens is 1. The molecular weight excluding hydrogens is 266 g/mol. The summed E-state index contributed by atoms with van der Waals surface area (Å²) in [6, 6.07) is 18.3. The Bertz CT molecular complexity index is 743. The molecule has 98 valence electrons. The van der Waals surface area contributed by atoms with E-state index in [0.29, 0.717) is 6.54 Å². The van der Waals surface area contributed by atoms with E-state index in [2.05, 4.69) is 22.4 Å². The lowest BCUT2D eigenvalue weighted by atomic mass is 10.0. The Hall–Kier alpha value is -2.38. The number of anilines is 1. The fraction of sp³-hybridized carbons (Fsp3) is 0.125. The van der Waals surface area contributed by atoms with Crippen molar-refractivity contribution in [2.24, 2.45) is 0 Å². The van der Waals surface area contributed by atoms with Gasteiger partial charge in [-0.1, -0.05) is 30.3 Å². The quantitative estimate of drug-likeness (QED) is 0.784. The number of nitrogens with zero attached hydrogens (tertiary/aromatic N) is 2. The van der Waals surface area contributed by atoms with Crippen molar-refractivity contribution >= 4 is 27.2 Å². The SMILES string of the molecule is N#CC(CNc1ccc2ncsc2c1)c1ccccc1. The largest absolute Gasteiger partial charge is 0.383 e. The molecule has 0 saturated carbocycles. The Balaban J connectivity index is 1.73. The minimum Gasteiger partial charge on any atom is -0.383 e. The lowest BCUT2D eigenvalue weighted by Crippen LogP contribution is -2.11. The maximum absolute atomic E-state index is 9.30. The van der Waals surface area contributed by atoms with E-state index in [1.54, 1.807) is 11.3 Å². The normalized spacial score (nSPS) is 11.9. The van der Waals surface area contributed by atoms with Crippen LogP contribution in [-0.4, -0.2) is 11.5 Å². The molecule has 0 aliphatic rings. The third kappa shape index (κ3) is 2.63. The fourth-order valence-electron chi connectivity index (χ4n) is 2.11. The summed E-state index contributed by atoms with van der Waals surface area (Å²) in [4.78, 5) is 4.26. The highest BCUT2D eigenvalue weighted by Crippen LogP contribution is 2.23. The van der Waals surface area contributed by atoms with Crippen LogP contribution in [0.3, 0.4) is 0 Å². The van der Waals surface area contributed by atoms with E-state index in [0.717, 1.165) is 21.5 Å². The maximum atomic E-state index is 9.30. The highest BCUT2D eigenvalue weighted by Gasteiger charge is 2.09. The summed E-state index contributed by atoms with van der Waals surface area (Å²) in [5.74, 6) is -0.145.